The van der Waals surface area contributed by atoms with Crippen molar-refractivity contribution in [2.24, 2.45) is 0 Å². The highest BCUT2D eigenvalue weighted by molar-refractivity contribution is 5.97. The van der Waals surface area contributed by atoms with Gasteiger partial charge in [0.25, 0.3) is 5.91 Å². The van der Waals surface area contributed by atoms with Crippen LogP contribution in [0.2, 0.25) is 0 Å². The van der Waals surface area contributed by atoms with E-state index in [4.69, 9.17) is 9.84 Å². The first kappa shape index (κ1) is 15.3. The van der Waals surface area contributed by atoms with E-state index < -0.39 is 17.4 Å². The fourth-order valence-corrected chi connectivity index (χ4v) is 2.17. The van der Waals surface area contributed by atoms with Crippen LogP contribution >= 0.6 is 0 Å². The van der Waals surface area contributed by atoms with E-state index in [0.29, 0.717) is 11.4 Å². The van der Waals surface area contributed by atoms with Crippen molar-refractivity contribution in [3.63, 3.8) is 0 Å². The second-order valence-electron chi connectivity index (χ2n) is 5.79. The molecule has 0 atom stereocenters. The summed E-state index contributed by atoms with van der Waals surface area (Å²) >= 11 is 0. The quantitative estimate of drug-likeness (QED) is 0.866. The lowest BCUT2D eigenvalue weighted by atomic mass is 10.1. The molecule has 1 aromatic rings. The molecule has 2 N–H and O–H groups in total. The highest BCUT2D eigenvalue weighted by Gasteiger charge is 2.29. The van der Waals surface area contributed by atoms with E-state index in [1.807, 2.05) is 0 Å². The Kier molecular flexibility index (Phi) is 4.45. The summed E-state index contributed by atoms with van der Waals surface area (Å²) in [5.41, 5.74) is -1.01. The van der Waals surface area contributed by atoms with Gasteiger partial charge in [-0.05, 0) is 45.6 Å². The van der Waals surface area contributed by atoms with Gasteiger partial charge in [0.2, 0.25) is 5.88 Å². The van der Waals surface area contributed by atoms with Gasteiger partial charge in [0, 0.05) is 12.3 Å². The summed E-state index contributed by atoms with van der Waals surface area (Å²) in [6.07, 6.45) is 6.04. The van der Waals surface area contributed by atoms with Crippen LogP contribution < -0.4 is 10.1 Å². The van der Waals surface area contributed by atoms with Crippen LogP contribution in [0.25, 0.3) is 0 Å². The minimum absolute atomic E-state index is 0.211. The Hall–Kier alpha value is -2.11. The number of aliphatic carboxylic acids is 1. The number of nitrogens with zero attached hydrogens (tertiary/aromatic N) is 1. The summed E-state index contributed by atoms with van der Waals surface area (Å²) in [6.45, 7) is 2.86. The Morgan fingerprint density at radius 2 is 2.00 bits per heavy atom. The number of carbonyl (C=O) groups excluding carboxylic acids is 1. The number of amides is 1. The van der Waals surface area contributed by atoms with Crippen molar-refractivity contribution in [2.75, 3.05) is 0 Å². The Morgan fingerprint density at radius 1 is 1.33 bits per heavy atom. The molecule has 0 saturated heterocycles. The van der Waals surface area contributed by atoms with Crippen LogP contribution in [0.3, 0.4) is 0 Å². The molecule has 1 saturated carbocycles. The molecule has 1 aromatic heterocycles. The molecule has 21 heavy (non-hydrogen) atoms. The topological polar surface area (TPSA) is 88.5 Å². The van der Waals surface area contributed by atoms with Crippen LogP contribution in [0.5, 0.6) is 5.88 Å². The van der Waals surface area contributed by atoms with Crippen LogP contribution in [0.1, 0.15) is 49.9 Å². The molecular weight excluding hydrogens is 272 g/mol. The number of hydrogen-bond acceptors (Lipinski definition) is 4. The summed E-state index contributed by atoms with van der Waals surface area (Å²) in [4.78, 5) is 27.1. The van der Waals surface area contributed by atoms with Crippen LogP contribution in [0.15, 0.2) is 18.3 Å². The maximum atomic E-state index is 12.0. The van der Waals surface area contributed by atoms with Crippen molar-refractivity contribution in [2.45, 2.75) is 51.2 Å². The van der Waals surface area contributed by atoms with Gasteiger partial charge < -0.3 is 15.2 Å². The zero-order chi connectivity index (χ0) is 15.5. The van der Waals surface area contributed by atoms with E-state index in [1.54, 1.807) is 12.1 Å². The molecule has 1 amide bonds. The van der Waals surface area contributed by atoms with Crippen molar-refractivity contribution in [1.82, 2.24) is 10.3 Å². The molecule has 0 aliphatic heterocycles. The molecule has 0 radical (unpaired) electrons. The molecule has 1 heterocycles. The lowest BCUT2D eigenvalue weighted by Gasteiger charge is -2.20. The summed E-state index contributed by atoms with van der Waals surface area (Å²) in [6, 6.07) is 3.23. The van der Waals surface area contributed by atoms with Gasteiger partial charge in [-0.15, -0.1) is 0 Å². The first-order valence-corrected chi connectivity index (χ1v) is 7.07. The molecule has 1 aliphatic carbocycles. The summed E-state index contributed by atoms with van der Waals surface area (Å²) < 4.78 is 5.71. The van der Waals surface area contributed by atoms with Crippen LogP contribution in [0, 0.1) is 0 Å². The largest absolute Gasteiger partial charge is 0.480 e. The minimum atomic E-state index is -1.32. The zero-order valence-corrected chi connectivity index (χ0v) is 12.3. The Morgan fingerprint density at radius 3 is 2.52 bits per heavy atom. The number of carboxylic acid groups (broad SMARTS) is 1. The fourth-order valence-electron chi connectivity index (χ4n) is 2.17. The highest BCUT2D eigenvalue weighted by Crippen LogP contribution is 2.22. The maximum Gasteiger partial charge on any atom is 0.328 e. The maximum absolute atomic E-state index is 12.0. The van der Waals surface area contributed by atoms with Gasteiger partial charge in [-0.25, -0.2) is 9.78 Å². The van der Waals surface area contributed by atoms with Crippen LogP contribution in [0.4, 0.5) is 0 Å². The average molecular weight is 292 g/mol. The van der Waals surface area contributed by atoms with Crippen molar-refractivity contribution >= 4 is 11.9 Å². The van der Waals surface area contributed by atoms with Crippen molar-refractivity contribution in [3.05, 3.63) is 23.9 Å². The SMILES string of the molecule is CC(C)(NC(=O)c1ccc(OC2CCCC2)nc1)C(=O)O. The first-order valence-electron chi connectivity index (χ1n) is 7.07. The summed E-state index contributed by atoms with van der Waals surface area (Å²) in [5, 5.41) is 11.4. The van der Waals surface area contributed by atoms with Crippen LogP contribution in [-0.2, 0) is 4.79 Å². The van der Waals surface area contributed by atoms with Gasteiger partial charge in [-0.3, -0.25) is 4.79 Å². The number of carboxylic acids is 1. The van der Waals surface area contributed by atoms with Crippen molar-refractivity contribution < 1.29 is 19.4 Å². The molecular formula is C15H20N2O4. The number of carbonyl (C=O) groups is 2. The normalized spacial score (nSPS) is 15.7. The predicted octanol–water partition coefficient (Wildman–Crippen LogP) is 2.00. The highest BCUT2D eigenvalue weighted by atomic mass is 16.5. The number of aromatic nitrogens is 1. The van der Waals surface area contributed by atoms with Gasteiger partial charge in [0.05, 0.1) is 5.56 Å². The van der Waals surface area contributed by atoms with E-state index in [-0.39, 0.29) is 6.10 Å². The van der Waals surface area contributed by atoms with E-state index in [9.17, 15) is 9.59 Å². The molecule has 114 valence electrons. The van der Waals surface area contributed by atoms with Gasteiger partial charge in [-0.1, -0.05) is 0 Å². The molecule has 1 fully saturated rings. The third-order valence-corrected chi connectivity index (χ3v) is 3.55. The van der Waals surface area contributed by atoms with Gasteiger partial charge >= 0.3 is 5.97 Å². The standard InChI is InChI=1S/C15H20N2O4/c1-15(2,14(19)20)17-13(18)10-7-8-12(16-9-10)21-11-5-3-4-6-11/h7-9,11H,3-6H2,1-2H3,(H,17,18)(H,19,20). The smallest absolute Gasteiger partial charge is 0.328 e. The molecule has 1 aliphatic rings. The zero-order valence-electron chi connectivity index (χ0n) is 12.3. The second-order valence-corrected chi connectivity index (χ2v) is 5.79. The molecule has 0 aromatic carbocycles. The molecule has 6 heteroatoms. The molecule has 0 unspecified atom stereocenters. The van der Waals surface area contributed by atoms with E-state index >= 15 is 0 Å². The molecule has 0 spiro atoms. The average Bonchev–Trinajstić information content (AvgIpc) is 2.91. The van der Waals surface area contributed by atoms with E-state index in [0.717, 1.165) is 12.8 Å². The third kappa shape index (κ3) is 3.93. The number of pyridine rings is 1. The Labute approximate surface area is 123 Å². The molecule has 0 bridgehead atoms. The number of hydrogen-bond donors (Lipinski definition) is 2. The summed E-state index contributed by atoms with van der Waals surface area (Å²) in [5.74, 6) is -1.07. The number of rotatable bonds is 5. The van der Waals surface area contributed by atoms with Crippen molar-refractivity contribution in [1.29, 1.82) is 0 Å². The van der Waals surface area contributed by atoms with Crippen LogP contribution in [-0.4, -0.2) is 33.6 Å². The monoisotopic (exact) mass is 292 g/mol. The van der Waals surface area contributed by atoms with Gasteiger partial charge in [0.15, 0.2) is 0 Å². The molecule has 6 nitrogen and oxygen atoms in total. The van der Waals surface area contributed by atoms with Gasteiger partial charge in [-0.2, -0.15) is 0 Å². The second kappa shape index (κ2) is 6.11. The summed E-state index contributed by atoms with van der Waals surface area (Å²) in [7, 11) is 0. The number of nitrogens with one attached hydrogen (secondary N) is 1. The Balaban J connectivity index is 1.97. The third-order valence-electron chi connectivity index (χ3n) is 3.55. The lowest BCUT2D eigenvalue weighted by molar-refractivity contribution is -0.143. The van der Waals surface area contributed by atoms with E-state index in [2.05, 4.69) is 10.3 Å². The lowest BCUT2D eigenvalue weighted by Crippen LogP contribution is -2.49. The van der Waals surface area contributed by atoms with Crippen molar-refractivity contribution in [3.8, 4) is 5.88 Å². The first-order chi connectivity index (χ1) is 9.88. The van der Waals surface area contributed by atoms with E-state index in [1.165, 1.54) is 32.9 Å². The molecule has 2 rings (SSSR count). The Bertz CT molecular complexity index is 519. The predicted molar refractivity (Wildman–Crippen MR) is 76.3 cm³/mol. The van der Waals surface area contributed by atoms with Gasteiger partial charge in [0.1, 0.15) is 11.6 Å². The fraction of sp³-hybridized carbons (Fsp3) is 0.533. The minimum Gasteiger partial charge on any atom is -0.480 e. The number of ether oxygens (including phenoxy) is 1.